The third-order valence-corrected chi connectivity index (χ3v) is 8.23. The van der Waals surface area contributed by atoms with E-state index in [2.05, 4.69) is 16.0 Å². The zero-order valence-corrected chi connectivity index (χ0v) is 28.8. The third-order valence-electron chi connectivity index (χ3n) is 8.23. The van der Waals surface area contributed by atoms with Gasteiger partial charge in [-0.1, -0.05) is 56.3 Å². The summed E-state index contributed by atoms with van der Waals surface area (Å²) in [4.78, 5) is 80.9. The van der Waals surface area contributed by atoms with E-state index in [1.54, 1.807) is 36.4 Å². The molecule has 0 bridgehead atoms. The average molecular weight is 681 g/mol. The molecule has 49 heavy (non-hydrogen) atoms. The summed E-state index contributed by atoms with van der Waals surface area (Å²) in [6, 6.07) is 12.2. The molecular formula is C35H48N6O8. The minimum atomic E-state index is -1.02. The number of amides is 6. The van der Waals surface area contributed by atoms with E-state index < -0.39 is 66.3 Å². The number of alkyl carbamates (subject to hydrolysis) is 1. The molecule has 6 amide bonds. The second-order valence-electron chi connectivity index (χ2n) is 12.5. The Kier molecular flexibility index (Phi) is 14.4. The van der Waals surface area contributed by atoms with Crippen LogP contribution < -0.4 is 26.4 Å². The molecule has 0 aromatic heterocycles. The first kappa shape index (κ1) is 38.3. The zero-order chi connectivity index (χ0) is 36.1. The Labute approximate surface area is 287 Å². The van der Waals surface area contributed by atoms with Gasteiger partial charge in [0.15, 0.2) is 0 Å². The number of ether oxygens (including phenoxy) is 2. The van der Waals surface area contributed by atoms with Crippen molar-refractivity contribution in [1.29, 1.82) is 0 Å². The van der Waals surface area contributed by atoms with Gasteiger partial charge in [0, 0.05) is 20.0 Å². The van der Waals surface area contributed by atoms with Gasteiger partial charge in [0.2, 0.25) is 29.5 Å². The fourth-order valence-electron chi connectivity index (χ4n) is 5.56. The molecule has 1 heterocycles. The Bertz CT molecular complexity index is 1450. The Morgan fingerprint density at radius 3 is 2.22 bits per heavy atom. The molecule has 0 spiro atoms. The summed E-state index contributed by atoms with van der Waals surface area (Å²) in [5, 5.41) is 7.74. The molecule has 1 fully saturated rings. The van der Waals surface area contributed by atoms with Crippen LogP contribution in [0.2, 0.25) is 0 Å². The van der Waals surface area contributed by atoms with Crippen molar-refractivity contribution in [3.05, 3.63) is 65.7 Å². The van der Waals surface area contributed by atoms with Crippen molar-refractivity contribution in [2.45, 2.75) is 77.2 Å². The molecule has 1 unspecified atom stereocenters. The highest BCUT2D eigenvalue weighted by Gasteiger charge is 2.41. The minimum absolute atomic E-state index is 0.00982. The first-order valence-electron chi connectivity index (χ1n) is 16.3. The molecule has 0 aliphatic carbocycles. The van der Waals surface area contributed by atoms with E-state index in [1.165, 1.54) is 30.9 Å². The molecule has 0 radical (unpaired) electrons. The lowest BCUT2D eigenvalue weighted by Crippen LogP contribution is -2.58. The molecule has 266 valence electrons. The van der Waals surface area contributed by atoms with Crippen LogP contribution in [0.15, 0.2) is 54.6 Å². The quantitative estimate of drug-likeness (QED) is 0.205. The summed E-state index contributed by atoms with van der Waals surface area (Å²) in [5.41, 5.74) is 6.77. The van der Waals surface area contributed by atoms with Crippen LogP contribution in [0.3, 0.4) is 0 Å². The van der Waals surface area contributed by atoms with Crippen LogP contribution in [0.5, 0.6) is 5.75 Å². The normalized spacial score (nSPS) is 15.8. The van der Waals surface area contributed by atoms with Crippen molar-refractivity contribution in [2.75, 3.05) is 27.2 Å². The smallest absolute Gasteiger partial charge is 0.408 e. The number of benzene rings is 2. The highest BCUT2D eigenvalue weighted by atomic mass is 16.5. The van der Waals surface area contributed by atoms with Crippen LogP contribution in [-0.4, -0.2) is 96.8 Å². The molecule has 14 nitrogen and oxygen atoms in total. The monoisotopic (exact) mass is 680 g/mol. The number of rotatable bonds is 16. The minimum Gasteiger partial charge on any atom is -0.497 e. The molecule has 1 aliphatic rings. The van der Waals surface area contributed by atoms with Crippen molar-refractivity contribution < 1.29 is 38.2 Å². The van der Waals surface area contributed by atoms with E-state index in [0.29, 0.717) is 25.0 Å². The van der Waals surface area contributed by atoms with E-state index in [1.807, 2.05) is 32.0 Å². The van der Waals surface area contributed by atoms with Gasteiger partial charge in [0.1, 0.15) is 36.5 Å². The highest BCUT2D eigenvalue weighted by Crippen LogP contribution is 2.24. The Balaban J connectivity index is 1.71. The van der Waals surface area contributed by atoms with Gasteiger partial charge >= 0.3 is 6.09 Å². The first-order chi connectivity index (χ1) is 23.3. The van der Waals surface area contributed by atoms with Gasteiger partial charge in [-0.15, -0.1) is 0 Å². The predicted molar refractivity (Wildman–Crippen MR) is 181 cm³/mol. The Morgan fingerprint density at radius 2 is 1.61 bits per heavy atom. The van der Waals surface area contributed by atoms with Gasteiger partial charge in [-0.25, -0.2) is 4.79 Å². The van der Waals surface area contributed by atoms with E-state index in [9.17, 15) is 28.8 Å². The maximum Gasteiger partial charge on any atom is 0.408 e. The lowest BCUT2D eigenvalue weighted by Gasteiger charge is -2.34. The molecule has 2 aromatic rings. The molecule has 0 saturated carbocycles. The molecule has 14 heteroatoms. The number of hydrogen-bond donors (Lipinski definition) is 4. The largest absolute Gasteiger partial charge is 0.497 e. The number of nitrogens with zero attached hydrogens (tertiary/aromatic N) is 2. The second kappa shape index (κ2) is 18.4. The van der Waals surface area contributed by atoms with Crippen molar-refractivity contribution in [3.63, 3.8) is 0 Å². The van der Waals surface area contributed by atoms with E-state index >= 15 is 0 Å². The van der Waals surface area contributed by atoms with Gasteiger partial charge in [0.25, 0.3) is 0 Å². The van der Waals surface area contributed by atoms with Crippen molar-refractivity contribution in [1.82, 2.24) is 25.8 Å². The maximum atomic E-state index is 14.0. The van der Waals surface area contributed by atoms with Crippen molar-refractivity contribution >= 4 is 35.6 Å². The maximum absolute atomic E-state index is 14.0. The second-order valence-corrected chi connectivity index (χ2v) is 12.5. The molecule has 4 atom stereocenters. The molecule has 2 aromatic carbocycles. The SMILES string of the molecule is COc1ccc(C[C@@H](C(=O)NCC(N)=O)N(C)C(=O)[C@@H]2CCCN2C(=O)[C@H](CC(C)C)NC(=O)C(C)NC(=O)OCc2ccccc2)cc1. The molecule has 3 rings (SSSR count). The Morgan fingerprint density at radius 1 is 0.939 bits per heavy atom. The lowest BCUT2D eigenvalue weighted by atomic mass is 10.0. The van der Waals surface area contributed by atoms with Crippen LogP contribution in [0, 0.1) is 5.92 Å². The van der Waals surface area contributed by atoms with Crippen LogP contribution in [0.4, 0.5) is 4.79 Å². The van der Waals surface area contributed by atoms with E-state index in [-0.39, 0.29) is 25.5 Å². The highest BCUT2D eigenvalue weighted by molar-refractivity contribution is 5.96. The fraction of sp³-hybridized carbons (Fsp3) is 0.486. The summed E-state index contributed by atoms with van der Waals surface area (Å²) < 4.78 is 10.4. The Hall–Kier alpha value is -5.14. The number of nitrogens with one attached hydrogen (secondary N) is 3. The number of carbonyl (C=O) groups excluding carboxylic acids is 6. The predicted octanol–water partition coefficient (Wildman–Crippen LogP) is 1.50. The molecular weight excluding hydrogens is 632 g/mol. The number of nitrogens with two attached hydrogens (primary N) is 1. The fourth-order valence-corrected chi connectivity index (χ4v) is 5.56. The van der Waals surface area contributed by atoms with Gasteiger partial charge in [-0.2, -0.15) is 0 Å². The number of likely N-dealkylation sites (N-methyl/N-ethyl adjacent to an activating group) is 1. The van der Waals surface area contributed by atoms with Crippen molar-refractivity contribution in [2.24, 2.45) is 11.7 Å². The summed E-state index contributed by atoms with van der Waals surface area (Å²) in [5.74, 6) is -2.14. The van der Waals surface area contributed by atoms with Crippen molar-refractivity contribution in [3.8, 4) is 5.75 Å². The number of primary amides is 1. The standard InChI is InChI=1S/C35H48N6O8/c1-22(2)18-27(39-31(43)23(3)38-35(47)49-21-25-10-7-6-8-11-25)33(45)41-17-9-12-28(41)34(46)40(4)29(32(44)37-20-30(36)42)19-24-13-15-26(48-5)16-14-24/h6-8,10-11,13-16,22-23,27-29H,9,12,17-21H2,1-5H3,(H2,36,42)(H,37,44)(H,38,47)(H,39,43)/t23?,27-,28-,29-/m0/s1. The van der Waals surface area contributed by atoms with Gasteiger partial charge < -0.3 is 41.0 Å². The number of methoxy groups -OCH3 is 1. The van der Waals surface area contributed by atoms with E-state index in [4.69, 9.17) is 15.2 Å². The molecule has 1 aliphatic heterocycles. The van der Waals surface area contributed by atoms with Gasteiger partial charge in [0.05, 0.1) is 13.7 Å². The summed E-state index contributed by atoms with van der Waals surface area (Å²) >= 11 is 0. The summed E-state index contributed by atoms with van der Waals surface area (Å²) in [6.45, 7) is 5.21. The van der Waals surface area contributed by atoms with Crippen LogP contribution in [0.1, 0.15) is 51.2 Å². The molecule has 5 N–H and O–H groups in total. The number of hydrogen-bond acceptors (Lipinski definition) is 8. The van der Waals surface area contributed by atoms with Crippen LogP contribution in [0.25, 0.3) is 0 Å². The first-order valence-corrected chi connectivity index (χ1v) is 16.3. The lowest BCUT2D eigenvalue weighted by molar-refractivity contribution is -0.148. The van der Waals surface area contributed by atoms with E-state index in [0.717, 1.165) is 11.1 Å². The van der Waals surface area contributed by atoms with Gasteiger partial charge in [-0.05, 0) is 55.4 Å². The number of likely N-dealkylation sites (tertiary alicyclic amines) is 1. The third kappa shape index (κ3) is 11.5. The zero-order valence-electron chi connectivity index (χ0n) is 28.8. The van der Waals surface area contributed by atoms with Crippen LogP contribution in [-0.2, 0) is 41.7 Å². The molecule has 1 saturated heterocycles. The average Bonchev–Trinajstić information content (AvgIpc) is 3.58. The van der Waals surface area contributed by atoms with Crippen LogP contribution >= 0.6 is 0 Å². The number of carbonyl (C=O) groups is 6. The summed E-state index contributed by atoms with van der Waals surface area (Å²) in [6.07, 6.45) is 0.540. The summed E-state index contributed by atoms with van der Waals surface area (Å²) in [7, 11) is 3.02. The topological polar surface area (TPSA) is 189 Å². The van der Waals surface area contributed by atoms with Gasteiger partial charge in [-0.3, -0.25) is 24.0 Å².